The minimum atomic E-state index is -0.946. The lowest BCUT2D eigenvalue weighted by Gasteiger charge is -2.41. The summed E-state index contributed by atoms with van der Waals surface area (Å²) in [6.45, 7) is 15.6. The second kappa shape index (κ2) is 31.9. The maximum absolute atomic E-state index is 14.7. The van der Waals surface area contributed by atoms with E-state index in [2.05, 4.69) is 10.6 Å². The molecule has 20 heteroatoms. The SMILES string of the molecule is CC[C@H](C)C([C@@H](CC(=O)N1CCC[C@H]1[C@H](OC)[C@@H](C)C(=O)N[C@@H](Cc1ccc(OCc2ccccc2)cc1)C(=O)N1CCCCO1)OC)N(C)C(=O)[C@@H](NC(=O)[C@H](C(C)C)N(C)CCCCCC(=O)ON1C(=O)CCC1=O)C(C)C. The molecule has 0 saturated carbocycles. The Balaban J connectivity index is 1.21. The van der Waals surface area contributed by atoms with Crippen LogP contribution in [0.2, 0.25) is 0 Å². The Morgan fingerprint density at radius 2 is 1.46 bits per heavy atom. The van der Waals surface area contributed by atoms with Gasteiger partial charge in [-0.3, -0.25) is 43.3 Å². The Bertz CT molecular complexity index is 2330. The van der Waals surface area contributed by atoms with Crippen LogP contribution in [0.3, 0.4) is 0 Å². The fourth-order valence-electron chi connectivity index (χ4n) is 11.2. The van der Waals surface area contributed by atoms with Crippen molar-refractivity contribution in [1.82, 2.24) is 35.5 Å². The highest BCUT2D eigenvalue weighted by Crippen LogP contribution is 2.30. The highest BCUT2D eigenvalue weighted by Gasteiger charge is 2.44. The van der Waals surface area contributed by atoms with Crippen molar-refractivity contribution in [2.24, 2.45) is 23.7 Å². The zero-order chi connectivity index (χ0) is 58.6. The van der Waals surface area contributed by atoms with Crippen molar-refractivity contribution in [1.29, 1.82) is 0 Å². The monoisotopic (exact) mass is 1120 g/mol. The fraction of sp³-hybridized carbons (Fsp3) is 0.667. The van der Waals surface area contributed by atoms with E-state index in [9.17, 15) is 38.4 Å². The minimum absolute atomic E-state index is 0.0277. The quantitative estimate of drug-likeness (QED) is 0.0650. The number of hydroxylamine groups is 4. The maximum atomic E-state index is 14.7. The van der Waals surface area contributed by atoms with Gasteiger partial charge in [0.1, 0.15) is 24.4 Å². The first-order valence-electron chi connectivity index (χ1n) is 28.9. The number of carbonyl (C=O) groups excluding carboxylic acids is 8. The summed E-state index contributed by atoms with van der Waals surface area (Å²) < 4.78 is 18.2. The van der Waals surface area contributed by atoms with Crippen LogP contribution in [0.1, 0.15) is 137 Å². The van der Waals surface area contributed by atoms with Crippen molar-refractivity contribution in [2.45, 2.75) is 181 Å². The molecule has 0 spiro atoms. The number of rotatable bonds is 31. The van der Waals surface area contributed by atoms with Crippen molar-refractivity contribution < 1.29 is 62.2 Å². The van der Waals surface area contributed by atoms with Gasteiger partial charge < -0.3 is 39.5 Å². The normalized spacial score (nSPS) is 18.8. The first-order valence-corrected chi connectivity index (χ1v) is 28.9. The van der Waals surface area contributed by atoms with Crippen molar-refractivity contribution in [3.63, 3.8) is 0 Å². The third-order valence-electron chi connectivity index (χ3n) is 15.9. The van der Waals surface area contributed by atoms with E-state index >= 15 is 0 Å². The van der Waals surface area contributed by atoms with E-state index < -0.39 is 72.0 Å². The average molecular weight is 1120 g/mol. The summed E-state index contributed by atoms with van der Waals surface area (Å²) >= 11 is 0. The van der Waals surface area contributed by atoms with Crippen LogP contribution >= 0.6 is 0 Å². The van der Waals surface area contributed by atoms with Gasteiger partial charge in [-0.15, -0.1) is 5.06 Å². The lowest BCUT2D eigenvalue weighted by atomic mass is 9.89. The summed E-state index contributed by atoms with van der Waals surface area (Å²) in [6, 6.07) is 13.9. The molecule has 2 aromatic carbocycles. The standard InChI is InChI=1S/C60H91N7O13/c1-12-41(6)55(64(9)60(75)53(39(2)3)62-58(73)54(40(4)5)63(8)32-18-14-17-25-52(71)80-67-49(68)30-31-50(67)69)48(76-10)37-51(70)65-33-21-24-47(65)56(77-11)42(7)57(72)61-46(59(74)66-34-19-20-35-79-66)36-43-26-28-45(29-27-43)78-38-44-22-15-13-16-23-44/h13,15-16,22-23,26-29,39-42,46-48,53-56H,12,14,17-21,24-25,30-38H2,1-11H3,(H,61,72)(H,62,73)/t41-,42+,46-,47-,48+,53-,54-,55?,56+/m0/s1. The van der Waals surface area contributed by atoms with E-state index in [1.54, 1.807) is 23.8 Å². The summed E-state index contributed by atoms with van der Waals surface area (Å²) in [7, 11) is 6.62. The number of hydrogen-bond donors (Lipinski definition) is 2. The molecule has 3 heterocycles. The molecule has 3 saturated heterocycles. The Labute approximate surface area is 474 Å². The van der Waals surface area contributed by atoms with Crippen molar-refractivity contribution in [2.75, 3.05) is 54.6 Å². The van der Waals surface area contributed by atoms with Crippen LogP contribution in [-0.4, -0.2) is 169 Å². The summed E-state index contributed by atoms with van der Waals surface area (Å²) in [5, 5.41) is 8.02. The Morgan fingerprint density at radius 3 is 2.06 bits per heavy atom. The number of benzene rings is 2. The molecule has 3 fully saturated rings. The lowest BCUT2D eigenvalue weighted by Crippen LogP contribution is -2.60. The molecule has 3 aliphatic heterocycles. The molecule has 0 bridgehead atoms. The molecule has 80 heavy (non-hydrogen) atoms. The second-order valence-electron chi connectivity index (χ2n) is 22.5. The van der Waals surface area contributed by atoms with E-state index in [0.29, 0.717) is 82.2 Å². The van der Waals surface area contributed by atoms with Crippen molar-refractivity contribution in [3.05, 3.63) is 65.7 Å². The smallest absolute Gasteiger partial charge is 0.333 e. The number of likely N-dealkylation sites (tertiary alicyclic amines) is 1. The Kier molecular flexibility index (Phi) is 25.8. The van der Waals surface area contributed by atoms with E-state index in [0.717, 1.165) is 24.0 Å². The van der Waals surface area contributed by atoms with Crippen LogP contribution < -0.4 is 15.4 Å². The van der Waals surface area contributed by atoms with E-state index in [-0.39, 0.29) is 73.5 Å². The number of unbranched alkanes of at least 4 members (excludes halogenated alkanes) is 2. The minimum Gasteiger partial charge on any atom is -0.489 e. The van der Waals surface area contributed by atoms with Gasteiger partial charge in [0.15, 0.2) is 0 Å². The summed E-state index contributed by atoms with van der Waals surface area (Å²) in [4.78, 5) is 124. The van der Waals surface area contributed by atoms with Gasteiger partial charge in [0, 0.05) is 60.0 Å². The van der Waals surface area contributed by atoms with Gasteiger partial charge in [0.05, 0.1) is 49.3 Å². The van der Waals surface area contributed by atoms with Crippen LogP contribution in [0.25, 0.3) is 0 Å². The Hall–Kier alpha value is -5.96. The highest BCUT2D eigenvalue weighted by molar-refractivity contribution is 6.01. The van der Waals surface area contributed by atoms with Crippen molar-refractivity contribution in [3.8, 4) is 5.75 Å². The van der Waals surface area contributed by atoms with Gasteiger partial charge in [-0.05, 0) is 93.1 Å². The molecule has 2 aromatic rings. The molecule has 2 N–H and O–H groups in total. The third kappa shape index (κ3) is 18.0. The molecule has 20 nitrogen and oxygen atoms in total. The predicted octanol–water partition coefficient (Wildman–Crippen LogP) is 6.03. The zero-order valence-corrected chi connectivity index (χ0v) is 49.3. The lowest BCUT2D eigenvalue weighted by molar-refractivity contribution is -0.199. The largest absolute Gasteiger partial charge is 0.489 e. The number of methoxy groups -OCH3 is 2. The summed E-state index contributed by atoms with van der Waals surface area (Å²) in [6.07, 6.45) is 4.10. The molecule has 5 rings (SSSR count). The second-order valence-corrected chi connectivity index (χ2v) is 22.5. The van der Waals surface area contributed by atoms with Crippen LogP contribution in [-0.2, 0) is 70.5 Å². The van der Waals surface area contributed by atoms with Gasteiger partial charge in [-0.2, -0.15) is 0 Å². The number of nitrogens with zero attached hydrogens (tertiary/aromatic N) is 5. The number of carbonyl (C=O) groups is 8. The van der Waals surface area contributed by atoms with E-state index in [1.165, 1.54) is 19.3 Å². The first-order chi connectivity index (χ1) is 38.2. The number of amides is 7. The average Bonchev–Trinajstić information content (AvgIpc) is 4.06. The van der Waals surface area contributed by atoms with Gasteiger partial charge in [0.25, 0.3) is 17.7 Å². The molecule has 7 amide bonds. The number of hydrogen-bond acceptors (Lipinski definition) is 14. The van der Waals surface area contributed by atoms with E-state index in [4.69, 9.17) is 23.9 Å². The molecule has 1 unspecified atom stereocenters. The first kappa shape index (κ1) is 64.9. The van der Waals surface area contributed by atoms with Gasteiger partial charge in [-0.1, -0.05) is 104 Å². The summed E-state index contributed by atoms with van der Waals surface area (Å²) in [5.41, 5.74) is 1.86. The molecule has 0 aromatic heterocycles. The molecular weight excluding hydrogens is 1030 g/mol. The molecule has 0 aliphatic carbocycles. The van der Waals surface area contributed by atoms with Crippen LogP contribution in [0.15, 0.2) is 54.6 Å². The van der Waals surface area contributed by atoms with Gasteiger partial charge >= 0.3 is 5.97 Å². The van der Waals surface area contributed by atoms with Gasteiger partial charge in [0.2, 0.25) is 23.6 Å². The Morgan fingerprint density at radius 1 is 0.775 bits per heavy atom. The maximum Gasteiger partial charge on any atom is 0.333 e. The molecule has 0 radical (unpaired) electrons. The fourth-order valence-corrected chi connectivity index (χ4v) is 11.2. The molecule has 9 atom stereocenters. The zero-order valence-electron chi connectivity index (χ0n) is 49.3. The molecule has 444 valence electrons. The van der Waals surface area contributed by atoms with Crippen LogP contribution in [0.4, 0.5) is 0 Å². The number of likely N-dealkylation sites (N-methyl/N-ethyl adjacent to an activating group) is 2. The van der Waals surface area contributed by atoms with Crippen LogP contribution in [0.5, 0.6) is 5.75 Å². The molecule has 3 aliphatic rings. The van der Waals surface area contributed by atoms with Crippen LogP contribution in [0, 0.1) is 23.7 Å². The third-order valence-corrected chi connectivity index (χ3v) is 15.9. The van der Waals surface area contributed by atoms with Gasteiger partial charge in [-0.25, -0.2) is 9.86 Å². The number of nitrogens with one attached hydrogen (secondary N) is 2. The topological polar surface area (TPSA) is 223 Å². The highest BCUT2D eigenvalue weighted by atomic mass is 16.7. The number of imide groups is 1. The predicted molar refractivity (Wildman–Crippen MR) is 300 cm³/mol. The van der Waals surface area contributed by atoms with Crippen molar-refractivity contribution >= 4 is 47.3 Å². The summed E-state index contributed by atoms with van der Waals surface area (Å²) in [5.74, 6) is -3.88. The molecular formula is C60H91N7O13. The van der Waals surface area contributed by atoms with E-state index in [1.807, 2.05) is 108 Å². The number of ether oxygens (including phenoxy) is 3.